The average molecular weight is 204 g/mol. The highest BCUT2D eigenvalue weighted by Crippen LogP contribution is 2.31. The molecule has 70 valence electrons. The number of nitrogens with two attached hydrogens (primary N) is 1. The van der Waals surface area contributed by atoms with Gasteiger partial charge in [-0.05, 0) is 17.7 Å². The topological polar surface area (TPSA) is 70.0 Å². The number of nitrogen functional groups attached to an aromatic ring is 1. The van der Waals surface area contributed by atoms with Gasteiger partial charge in [-0.25, -0.2) is 0 Å². The summed E-state index contributed by atoms with van der Waals surface area (Å²) in [5.41, 5.74) is 6.83. The van der Waals surface area contributed by atoms with Crippen LogP contribution in [0, 0.1) is 11.3 Å². The van der Waals surface area contributed by atoms with Gasteiger partial charge in [-0.1, -0.05) is 6.07 Å². The van der Waals surface area contributed by atoms with Gasteiger partial charge in [0.25, 0.3) is 0 Å². The van der Waals surface area contributed by atoms with Crippen molar-refractivity contribution in [3.05, 3.63) is 29.3 Å². The summed E-state index contributed by atoms with van der Waals surface area (Å²) in [7, 11) is 0. The Hall–Kier alpha value is -1.57. The highest BCUT2D eigenvalue weighted by molar-refractivity contribution is 7.22. The number of nitriles is 1. The van der Waals surface area contributed by atoms with Crippen LogP contribution in [0.2, 0.25) is 0 Å². The Balaban J connectivity index is 2.84. The van der Waals surface area contributed by atoms with E-state index in [1.54, 1.807) is 12.1 Å². The second-order valence-electron chi connectivity index (χ2n) is 2.93. The standard InChI is InChI=1S/C10H8N2OS/c11-4-8-6(5-13)1-2-9-7(8)3-10(12)14-9/h1-3,13H,5,12H2. The molecule has 0 aliphatic rings. The van der Waals surface area contributed by atoms with E-state index < -0.39 is 0 Å². The van der Waals surface area contributed by atoms with Crippen LogP contribution in [-0.2, 0) is 6.61 Å². The maximum Gasteiger partial charge on any atom is 0.100 e. The molecule has 0 bridgehead atoms. The monoisotopic (exact) mass is 204 g/mol. The molecule has 0 saturated carbocycles. The Morgan fingerprint density at radius 2 is 2.29 bits per heavy atom. The van der Waals surface area contributed by atoms with Crippen LogP contribution in [0.5, 0.6) is 0 Å². The summed E-state index contributed by atoms with van der Waals surface area (Å²) in [4.78, 5) is 0. The van der Waals surface area contributed by atoms with E-state index in [2.05, 4.69) is 6.07 Å². The lowest BCUT2D eigenvalue weighted by molar-refractivity contribution is 0.281. The van der Waals surface area contributed by atoms with Gasteiger partial charge in [0.15, 0.2) is 0 Å². The van der Waals surface area contributed by atoms with Crippen LogP contribution >= 0.6 is 11.3 Å². The second-order valence-corrected chi connectivity index (χ2v) is 4.05. The number of nitrogens with zero attached hydrogens (tertiary/aromatic N) is 1. The molecule has 2 rings (SSSR count). The normalized spacial score (nSPS) is 10.3. The van der Waals surface area contributed by atoms with Crippen molar-refractivity contribution >= 4 is 26.4 Å². The lowest BCUT2D eigenvalue weighted by atomic mass is 10.1. The van der Waals surface area contributed by atoms with Crippen molar-refractivity contribution in [1.29, 1.82) is 5.26 Å². The lowest BCUT2D eigenvalue weighted by Crippen LogP contribution is -1.88. The van der Waals surface area contributed by atoms with Crippen LogP contribution < -0.4 is 5.73 Å². The van der Waals surface area contributed by atoms with Crippen LogP contribution in [0.25, 0.3) is 10.1 Å². The smallest absolute Gasteiger partial charge is 0.100 e. The summed E-state index contributed by atoms with van der Waals surface area (Å²) in [6, 6.07) is 7.51. The van der Waals surface area contributed by atoms with Crippen molar-refractivity contribution in [2.45, 2.75) is 6.61 Å². The molecule has 0 radical (unpaired) electrons. The molecule has 3 N–H and O–H groups in total. The van der Waals surface area contributed by atoms with Crippen molar-refractivity contribution in [3.8, 4) is 6.07 Å². The van der Waals surface area contributed by atoms with Crippen molar-refractivity contribution in [1.82, 2.24) is 0 Å². The molecule has 0 amide bonds. The Labute approximate surface area is 85.0 Å². The van der Waals surface area contributed by atoms with E-state index in [0.717, 1.165) is 10.1 Å². The van der Waals surface area contributed by atoms with Crippen molar-refractivity contribution in [2.75, 3.05) is 5.73 Å². The number of aliphatic hydroxyl groups is 1. The highest BCUT2D eigenvalue weighted by Gasteiger charge is 2.08. The molecule has 0 atom stereocenters. The molecule has 0 saturated heterocycles. The first-order valence-electron chi connectivity index (χ1n) is 4.08. The van der Waals surface area contributed by atoms with Gasteiger partial charge in [0.1, 0.15) is 6.07 Å². The third-order valence-electron chi connectivity index (χ3n) is 2.09. The Morgan fingerprint density at radius 3 is 2.93 bits per heavy atom. The van der Waals surface area contributed by atoms with Gasteiger partial charge in [0.05, 0.1) is 17.2 Å². The quantitative estimate of drug-likeness (QED) is 0.744. The fraction of sp³-hybridized carbons (Fsp3) is 0.100. The molecule has 1 aromatic heterocycles. The molecular weight excluding hydrogens is 196 g/mol. The number of rotatable bonds is 1. The minimum atomic E-state index is -0.116. The Morgan fingerprint density at radius 1 is 1.50 bits per heavy atom. The van der Waals surface area contributed by atoms with Crippen LogP contribution in [0.15, 0.2) is 18.2 Å². The molecule has 0 unspecified atom stereocenters. The van der Waals surface area contributed by atoms with Crippen LogP contribution in [0.3, 0.4) is 0 Å². The Kier molecular flexibility index (Phi) is 2.12. The second kappa shape index (κ2) is 3.29. The summed E-state index contributed by atoms with van der Waals surface area (Å²) in [6.45, 7) is -0.116. The summed E-state index contributed by atoms with van der Waals surface area (Å²) < 4.78 is 0.983. The zero-order valence-corrected chi connectivity index (χ0v) is 8.14. The van der Waals surface area contributed by atoms with E-state index in [9.17, 15) is 0 Å². The number of hydrogen-bond donors (Lipinski definition) is 2. The SMILES string of the molecule is N#Cc1c(CO)ccc2sc(N)cc12. The molecule has 0 spiro atoms. The van der Waals surface area contributed by atoms with E-state index in [1.807, 2.05) is 6.07 Å². The molecule has 0 aliphatic heterocycles. The zero-order chi connectivity index (χ0) is 10.1. The van der Waals surface area contributed by atoms with Gasteiger partial charge in [0, 0.05) is 10.1 Å². The first-order chi connectivity index (χ1) is 6.76. The third-order valence-corrected chi connectivity index (χ3v) is 3.02. The van der Waals surface area contributed by atoms with E-state index in [-0.39, 0.29) is 6.61 Å². The number of aliphatic hydroxyl groups excluding tert-OH is 1. The zero-order valence-electron chi connectivity index (χ0n) is 7.32. The molecule has 0 fully saturated rings. The van der Waals surface area contributed by atoms with Gasteiger partial charge in [-0.3, -0.25) is 0 Å². The third kappa shape index (κ3) is 1.23. The number of benzene rings is 1. The van der Waals surface area contributed by atoms with Crippen LogP contribution in [0.4, 0.5) is 5.00 Å². The maximum absolute atomic E-state index is 9.04. The molecule has 1 aromatic carbocycles. The van der Waals surface area contributed by atoms with Crippen molar-refractivity contribution in [2.24, 2.45) is 0 Å². The van der Waals surface area contributed by atoms with Crippen molar-refractivity contribution in [3.63, 3.8) is 0 Å². The number of thiophene rings is 1. The minimum Gasteiger partial charge on any atom is -0.392 e. The number of anilines is 1. The first kappa shape index (κ1) is 9.00. The maximum atomic E-state index is 9.04. The predicted molar refractivity (Wildman–Crippen MR) is 56.9 cm³/mol. The summed E-state index contributed by atoms with van der Waals surface area (Å²) in [6.07, 6.45) is 0. The van der Waals surface area contributed by atoms with E-state index >= 15 is 0 Å². The highest BCUT2D eigenvalue weighted by atomic mass is 32.1. The van der Waals surface area contributed by atoms with E-state index in [0.29, 0.717) is 16.1 Å². The van der Waals surface area contributed by atoms with Gasteiger partial charge < -0.3 is 10.8 Å². The van der Waals surface area contributed by atoms with Gasteiger partial charge in [-0.15, -0.1) is 11.3 Å². The number of hydrogen-bond acceptors (Lipinski definition) is 4. The molecule has 4 heteroatoms. The Bertz CT molecular complexity index is 525. The number of fused-ring (bicyclic) bond motifs is 1. The minimum absolute atomic E-state index is 0.116. The molecule has 14 heavy (non-hydrogen) atoms. The fourth-order valence-electron chi connectivity index (χ4n) is 1.44. The first-order valence-corrected chi connectivity index (χ1v) is 4.89. The fourth-order valence-corrected chi connectivity index (χ4v) is 2.28. The van der Waals surface area contributed by atoms with Gasteiger partial charge >= 0.3 is 0 Å². The van der Waals surface area contributed by atoms with Crippen LogP contribution in [-0.4, -0.2) is 5.11 Å². The van der Waals surface area contributed by atoms with Gasteiger partial charge in [0.2, 0.25) is 0 Å². The molecule has 3 nitrogen and oxygen atoms in total. The van der Waals surface area contributed by atoms with E-state index in [1.165, 1.54) is 11.3 Å². The average Bonchev–Trinajstić information content (AvgIpc) is 2.56. The summed E-state index contributed by atoms with van der Waals surface area (Å²) >= 11 is 1.45. The lowest BCUT2D eigenvalue weighted by Gasteiger charge is -1.99. The van der Waals surface area contributed by atoms with Crippen LogP contribution in [0.1, 0.15) is 11.1 Å². The van der Waals surface area contributed by atoms with Gasteiger partial charge in [-0.2, -0.15) is 5.26 Å². The molecule has 1 heterocycles. The summed E-state index contributed by atoms with van der Waals surface area (Å²) in [5, 5.41) is 19.5. The molecule has 2 aromatic rings. The predicted octanol–water partition coefficient (Wildman–Crippen LogP) is 1.85. The summed E-state index contributed by atoms with van der Waals surface area (Å²) in [5.74, 6) is 0. The van der Waals surface area contributed by atoms with Crippen molar-refractivity contribution < 1.29 is 5.11 Å². The molecular formula is C10H8N2OS. The van der Waals surface area contributed by atoms with E-state index in [4.69, 9.17) is 16.1 Å². The largest absolute Gasteiger partial charge is 0.392 e. The molecule has 0 aliphatic carbocycles.